The fourth-order valence-corrected chi connectivity index (χ4v) is 2.73. The molecule has 1 atom stereocenters. The van der Waals surface area contributed by atoms with Crippen LogP contribution in [0.25, 0.3) is 0 Å². The molecule has 0 radical (unpaired) electrons. The number of rotatable bonds is 2. The molecule has 0 bridgehead atoms. The van der Waals surface area contributed by atoms with Gasteiger partial charge in [0.1, 0.15) is 6.10 Å². The number of pyridine rings is 1. The molecule has 4 heteroatoms. The van der Waals surface area contributed by atoms with E-state index < -0.39 is 6.10 Å². The number of halogens is 1. The lowest BCUT2D eigenvalue weighted by molar-refractivity contribution is 0.223. The summed E-state index contributed by atoms with van der Waals surface area (Å²) in [6.45, 7) is 1.93. The standard InChI is InChI=1S/C11H10BrNOS/c1-7-2-3-8(5-13-7)11(14)10-4-9(12)6-15-10/h2-6,11,14H,1H3. The Morgan fingerprint density at radius 2 is 2.27 bits per heavy atom. The normalized spacial score (nSPS) is 12.7. The summed E-state index contributed by atoms with van der Waals surface area (Å²) in [5.41, 5.74) is 1.79. The minimum Gasteiger partial charge on any atom is -0.383 e. The maximum absolute atomic E-state index is 10.0. The zero-order valence-electron chi connectivity index (χ0n) is 8.14. The first kappa shape index (κ1) is 10.8. The summed E-state index contributed by atoms with van der Waals surface area (Å²) in [7, 11) is 0. The molecule has 0 spiro atoms. The van der Waals surface area contributed by atoms with Crippen LogP contribution in [0, 0.1) is 6.92 Å². The minimum absolute atomic E-state index is 0.575. The smallest absolute Gasteiger partial charge is 0.115 e. The molecule has 1 unspecified atom stereocenters. The zero-order valence-corrected chi connectivity index (χ0v) is 10.5. The lowest BCUT2D eigenvalue weighted by atomic mass is 10.1. The Hall–Kier alpha value is -0.710. The predicted molar refractivity (Wildman–Crippen MR) is 65.1 cm³/mol. The van der Waals surface area contributed by atoms with Crippen molar-refractivity contribution in [3.63, 3.8) is 0 Å². The van der Waals surface area contributed by atoms with Gasteiger partial charge in [0.2, 0.25) is 0 Å². The summed E-state index contributed by atoms with van der Waals surface area (Å²) in [6, 6.07) is 5.73. The molecule has 0 saturated carbocycles. The van der Waals surface area contributed by atoms with Crippen LogP contribution >= 0.6 is 27.3 Å². The summed E-state index contributed by atoms with van der Waals surface area (Å²) >= 11 is 4.90. The van der Waals surface area contributed by atoms with Crippen molar-refractivity contribution in [3.05, 3.63) is 50.4 Å². The van der Waals surface area contributed by atoms with Gasteiger partial charge in [0.15, 0.2) is 0 Å². The minimum atomic E-state index is -0.575. The Labute approximate surface area is 101 Å². The average Bonchev–Trinajstić information content (AvgIpc) is 2.65. The van der Waals surface area contributed by atoms with Crippen molar-refractivity contribution in [1.82, 2.24) is 4.98 Å². The first-order chi connectivity index (χ1) is 7.16. The second-order valence-corrected chi connectivity index (χ2v) is 5.16. The second kappa shape index (κ2) is 4.43. The van der Waals surface area contributed by atoms with Crippen molar-refractivity contribution < 1.29 is 5.11 Å². The van der Waals surface area contributed by atoms with Crippen LogP contribution in [-0.4, -0.2) is 10.1 Å². The largest absolute Gasteiger partial charge is 0.383 e. The summed E-state index contributed by atoms with van der Waals surface area (Å²) in [5, 5.41) is 12.0. The van der Waals surface area contributed by atoms with Crippen LogP contribution in [0.5, 0.6) is 0 Å². The van der Waals surface area contributed by atoms with Gasteiger partial charge in [0.05, 0.1) is 0 Å². The van der Waals surface area contributed by atoms with E-state index in [2.05, 4.69) is 20.9 Å². The number of aliphatic hydroxyl groups is 1. The molecular weight excluding hydrogens is 274 g/mol. The van der Waals surface area contributed by atoms with Gasteiger partial charge in [-0.05, 0) is 35.0 Å². The number of hydrogen-bond acceptors (Lipinski definition) is 3. The summed E-state index contributed by atoms with van der Waals surface area (Å²) < 4.78 is 1.00. The highest BCUT2D eigenvalue weighted by Crippen LogP contribution is 2.29. The number of hydrogen-bond donors (Lipinski definition) is 1. The van der Waals surface area contributed by atoms with E-state index in [9.17, 15) is 5.11 Å². The third kappa shape index (κ3) is 2.45. The molecule has 0 amide bonds. The van der Waals surface area contributed by atoms with Gasteiger partial charge in [0, 0.05) is 32.2 Å². The van der Waals surface area contributed by atoms with Gasteiger partial charge in [-0.1, -0.05) is 6.07 Å². The van der Waals surface area contributed by atoms with Gasteiger partial charge in [-0.3, -0.25) is 4.98 Å². The van der Waals surface area contributed by atoms with Crippen LogP contribution in [0.4, 0.5) is 0 Å². The summed E-state index contributed by atoms with van der Waals surface area (Å²) in [4.78, 5) is 5.09. The molecule has 0 aromatic carbocycles. The number of thiophene rings is 1. The molecule has 1 N–H and O–H groups in total. The Kier molecular flexibility index (Phi) is 3.19. The molecule has 0 aliphatic heterocycles. The molecule has 78 valence electrons. The molecule has 2 rings (SSSR count). The molecule has 2 nitrogen and oxygen atoms in total. The van der Waals surface area contributed by atoms with Gasteiger partial charge in [-0.15, -0.1) is 11.3 Å². The number of aryl methyl sites for hydroxylation is 1. The van der Waals surface area contributed by atoms with E-state index in [1.807, 2.05) is 30.5 Å². The van der Waals surface area contributed by atoms with Crippen LogP contribution in [-0.2, 0) is 0 Å². The fourth-order valence-electron chi connectivity index (χ4n) is 1.28. The third-order valence-electron chi connectivity index (χ3n) is 2.11. The lowest BCUT2D eigenvalue weighted by Gasteiger charge is -2.07. The molecule has 15 heavy (non-hydrogen) atoms. The second-order valence-electron chi connectivity index (χ2n) is 3.30. The third-order valence-corrected chi connectivity index (χ3v) is 3.85. The molecule has 0 aliphatic carbocycles. The Morgan fingerprint density at radius 1 is 1.47 bits per heavy atom. The van der Waals surface area contributed by atoms with Gasteiger partial charge >= 0.3 is 0 Å². The van der Waals surface area contributed by atoms with Crippen molar-refractivity contribution in [3.8, 4) is 0 Å². The van der Waals surface area contributed by atoms with Crippen molar-refractivity contribution in [1.29, 1.82) is 0 Å². The highest BCUT2D eigenvalue weighted by molar-refractivity contribution is 9.10. The van der Waals surface area contributed by atoms with E-state index in [-0.39, 0.29) is 0 Å². The van der Waals surface area contributed by atoms with Crippen LogP contribution in [0.15, 0.2) is 34.2 Å². The van der Waals surface area contributed by atoms with Crippen LogP contribution in [0.3, 0.4) is 0 Å². The van der Waals surface area contributed by atoms with Gasteiger partial charge in [0.25, 0.3) is 0 Å². The SMILES string of the molecule is Cc1ccc(C(O)c2cc(Br)cs2)cn1. The van der Waals surface area contributed by atoms with Crippen LogP contribution in [0.1, 0.15) is 22.2 Å². The zero-order chi connectivity index (χ0) is 10.8. The lowest BCUT2D eigenvalue weighted by Crippen LogP contribution is -1.97. The molecule has 2 heterocycles. The summed E-state index contributed by atoms with van der Waals surface area (Å²) in [6.07, 6.45) is 1.14. The van der Waals surface area contributed by atoms with Crippen molar-refractivity contribution >= 4 is 27.3 Å². The number of nitrogens with zero attached hydrogens (tertiary/aromatic N) is 1. The van der Waals surface area contributed by atoms with Gasteiger partial charge in [-0.25, -0.2) is 0 Å². The van der Waals surface area contributed by atoms with E-state index in [1.54, 1.807) is 6.20 Å². The molecule has 0 fully saturated rings. The molecule has 0 saturated heterocycles. The van der Waals surface area contributed by atoms with E-state index in [1.165, 1.54) is 11.3 Å². The van der Waals surface area contributed by atoms with E-state index in [0.717, 1.165) is 20.6 Å². The molecule has 2 aromatic rings. The Balaban J connectivity index is 2.28. The van der Waals surface area contributed by atoms with E-state index >= 15 is 0 Å². The predicted octanol–water partition coefficient (Wildman–Crippen LogP) is 3.30. The maximum Gasteiger partial charge on any atom is 0.115 e. The van der Waals surface area contributed by atoms with E-state index in [0.29, 0.717) is 0 Å². The Bertz CT molecular complexity index is 452. The number of aromatic nitrogens is 1. The van der Waals surface area contributed by atoms with E-state index in [4.69, 9.17) is 0 Å². The Morgan fingerprint density at radius 3 is 2.80 bits per heavy atom. The highest BCUT2D eigenvalue weighted by atomic mass is 79.9. The van der Waals surface area contributed by atoms with Crippen molar-refractivity contribution in [2.24, 2.45) is 0 Å². The van der Waals surface area contributed by atoms with Gasteiger partial charge < -0.3 is 5.11 Å². The van der Waals surface area contributed by atoms with Crippen LogP contribution in [0.2, 0.25) is 0 Å². The quantitative estimate of drug-likeness (QED) is 0.918. The van der Waals surface area contributed by atoms with Crippen LogP contribution < -0.4 is 0 Å². The molecule has 2 aromatic heterocycles. The topological polar surface area (TPSA) is 33.1 Å². The maximum atomic E-state index is 10.0. The summed E-state index contributed by atoms with van der Waals surface area (Å²) in [5.74, 6) is 0. The first-order valence-electron chi connectivity index (χ1n) is 4.51. The van der Waals surface area contributed by atoms with Crippen molar-refractivity contribution in [2.75, 3.05) is 0 Å². The van der Waals surface area contributed by atoms with Gasteiger partial charge in [-0.2, -0.15) is 0 Å². The highest BCUT2D eigenvalue weighted by Gasteiger charge is 2.12. The molecule has 0 aliphatic rings. The van der Waals surface area contributed by atoms with Crippen molar-refractivity contribution in [2.45, 2.75) is 13.0 Å². The average molecular weight is 284 g/mol. The first-order valence-corrected chi connectivity index (χ1v) is 6.18. The fraction of sp³-hybridized carbons (Fsp3) is 0.182. The monoisotopic (exact) mass is 283 g/mol. The number of aliphatic hydroxyl groups excluding tert-OH is 1. The molecular formula is C11H10BrNOS.